The lowest BCUT2D eigenvalue weighted by molar-refractivity contribution is -0.137. The van der Waals surface area contributed by atoms with Crippen LogP contribution in [0, 0.1) is 0 Å². The molecule has 1 atom stereocenters. The quantitative estimate of drug-likeness (QED) is 0.711. The Morgan fingerprint density at radius 1 is 1.29 bits per heavy atom. The van der Waals surface area contributed by atoms with Crippen LogP contribution in [-0.4, -0.2) is 66.0 Å². The number of carboxylic acids is 1. The Labute approximate surface area is 125 Å². The maximum Gasteiger partial charge on any atom is 0.324 e. The van der Waals surface area contributed by atoms with Gasteiger partial charge in [-0.1, -0.05) is 0 Å². The maximum atomic E-state index is 12.0. The first kappa shape index (κ1) is 17.4. The van der Waals surface area contributed by atoms with Crippen LogP contribution in [0.15, 0.2) is 0 Å². The van der Waals surface area contributed by atoms with Gasteiger partial charge in [-0.05, 0) is 39.3 Å². The number of piperidine rings is 1. The molecule has 0 aliphatic carbocycles. The average molecular weight is 299 g/mol. The van der Waals surface area contributed by atoms with Crippen LogP contribution < -0.4 is 5.32 Å². The van der Waals surface area contributed by atoms with Crippen molar-refractivity contribution in [2.24, 2.45) is 0 Å². The van der Waals surface area contributed by atoms with Gasteiger partial charge in [-0.3, -0.25) is 14.9 Å². The number of hydrogen-bond acceptors (Lipinski definition) is 4. The molecule has 1 rings (SSSR count). The topological polar surface area (TPSA) is 90.0 Å². The Morgan fingerprint density at radius 2 is 1.95 bits per heavy atom. The van der Waals surface area contributed by atoms with Crippen LogP contribution in [0.25, 0.3) is 0 Å². The molecule has 21 heavy (non-hydrogen) atoms. The molecule has 0 aromatic heterocycles. The predicted molar refractivity (Wildman–Crippen MR) is 77.9 cm³/mol. The normalized spacial score (nSPS) is 19.0. The lowest BCUT2D eigenvalue weighted by Crippen LogP contribution is -2.51. The van der Waals surface area contributed by atoms with E-state index in [2.05, 4.69) is 10.2 Å². The molecule has 0 aromatic rings. The van der Waals surface area contributed by atoms with Gasteiger partial charge in [-0.2, -0.15) is 0 Å². The fraction of sp³-hybridized carbons (Fsp3) is 0.786. The molecule has 7 heteroatoms. The Bertz CT molecular complexity index is 386. The maximum absolute atomic E-state index is 12.0. The fourth-order valence-electron chi connectivity index (χ4n) is 2.45. The molecule has 1 heterocycles. The number of rotatable bonds is 6. The van der Waals surface area contributed by atoms with Crippen LogP contribution in [0.4, 0.5) is 4.79 Å². The van der Waals surface area contributed by atoms with E-state index >= 15 is 0 Å². The number of aliphatic carboxylic acids is 1. The third kappa shape index (κ3) is 6.57. The summed E-state index contributed by atoms with van der Waals surface area (Å²) in [5, 5.41) is 10.9. The highest BCUT2D eigenvalue weighted by Crippen LogP contribution is 2.13. The SMILES string of the molecule is CN1CCCC(N(C)C(=O)NC(=O)CCCCC(=O)O)C1. The predicted octanol–water partition coefficient (Wildman–Crippen LogP) is 0.894. The van der Waals surface area contributed by atoms with E-state index in [4.69, 9.17) is 5.11 Å². The van der Waals surface area contributed by atoms with Crippen molar-refractivity contribution < 1.29 is 19.5 Å². The van der Waals surface area contributed by atoms with Gasteiger partial charge in [0.15, 0.2) is 0 Å². The van der Waals surface area contributed by atoms with Crippen molar-refractivity contribution in [1.29, 1.82) is 0 Å². The molecule has 1 saturated heterocycles. The zero-order valence-electron chi connectivity index (χ0n) is 12.8. The smallest absolute Gasteiger partial charge is 0.324 e. The molecule has 2 N–H and O–H groups in total. The van der Waals surface area contributed by atoms with Crippen molar-refractivity contribution in [1.82, 2.24) is 15.1 Å². The number of hydrogen-bond donors (Lipinski definition) is 2. The summed E-state index contributed by atoms with van der Waals surface area (Å²) in [4.78, 5) is 37.7. The molecule has 1 aliphatic heterocycles. The second-order valence-corrected chi connectivity index (χ2v) is 5.62. The zero-order valence-corrected chi connectivity index (χ0v) is 12.8. The lowest BCUT2D eigenvalue weighted by atomic mass is 10.1. The molecule has 0 bridgehead atoms. The van der Waals surface area contributed by atoms with Crippen LogP contribution in [0.1, 0.15) is 38.5 Å². The molecular weight excluding hydrogens is 274 g/mol. The van der Waals surface area contributed by atoms with Gasteiger partial charge in [0, 0.05) is 32.5 Å². The van der Waals surface area contributed by atoms with Gasteiger partial charge in [-0.25, -0.2) is 4.79 Å². The van der Waals surface area contributed by atoms with Gasteiger partial charge in [0.2, 0.25) is 5.91 Å². The Morgan fingerprint density at radius 3 is 2.57 bits per heavy atom. The number of carbonyl (C=O) groups is 3. The van der Waals surface area contributed by atoms with Crippen molar-refractivity contribution in [3.8, 4) is 0 Å². The molecular formula is C14H25N3O4. The number of likely N-dealkylation sites (tertiary alicyclic amines) is 1. The number of nitrogens with zero attached hydrogens (tertiary/aromatic N) is 2. The van der Waals surface area contributed by atoms with E-state index in [9.17, 15) is 14.4 Å². The summed E-state index contributed by atoms with van der Waals surface area (Å²) < 4.78 is 0. The second kappa shape index (κ2) is 8.61. The summed E-state index contributed by atoms with van der Waals surface area (Å²) in [6.07, 6.45) is 3.14. The minimum Gasteiger partial charge on any atom is -0.481 e. The van der Waals surface area contributed by atoms with Gasteiger partial charge in [0.1, 0.15) is 0 Å². The van der Waals surface area contributed by atoms with E-state index < -0.39 is 5.97 Å². The molecule has 7 nitrogen and oxygen atoms in total. The minimum atomic E-state index is -0.868. The molecule has 0 spiro atoms. The third-order valence-corrected chi connectivity index (χ3v) is 3.76. The van der Waals surface area contributed by atoms with E-state index in [1.807, 2.05) is 7.05 Å². The largest absolute Gasteiger partial charge is 0.481 e. The van der Waals surface area contributed by atoms with Crippen LogP contribution in [0.2, 0.25) is 0 Å². The van der Waals surface area contributed by atoms with E-state index in [-0.39, 0.29) is 30.8 Å². The van der Waals surface area contributed by atoms with Gasteiger partial charge in [-0.15, -0.1) is 0 Å². The lowest BCUT2D eigenvalue weighted by Gasteiger charge is -2.35. The highest BCUT2D eigenvalue weighted by atomic mass is 16.4. The van der Waals surface area contributed by atoms with Crippen molar-refractivity contribution in [2.45, 2.75) is 44.6 Å². The Balaban J connectivity index is 2.27. The van der Waals surface area contributed by atoms with Crippen molar-refractivity contribution in [3.63, 3.8) is 0 Å². The number of imide groups is 1. The number of carboxylic acid groups (broad SMARTS) is 1. The number of unbranched alkanes of at least 4 members (excludes halogenated alkanes) is 1. The van der Waals surface area contributed by atoms with Crippen LogP contribution in [-0.2, 0) is 9.59 Å². The number of amides is 3. The summed E-state index contributed by atoms with van der Waals surface area (Å²) >= 11 is 0. The summed E-state index contributed by atoms with van der Waals surface area (Å²) in [6.45, 7) is 1.85. The summed E-state index contributed by atoms with van der Waals surface area (Å²) in [5.41, 5.74) is 0. The summed E-state index contributed by atoms with van der Waals surface area (Å²) in [5.74, 6) is -1.21. The van der Waals surface area contributed by atoms with Crippen LogP contribution in [0.3, 0.4) is 0 Å². The fourth-order valence-corrected chi connectivity index (χ4v) is 2.45. The monoisotopic (exact) mass is 299 g/mol. The Hall–Kier alpha value is -1.63. The minimum absolute atomic E-state index is 0.0511. The molecule has 1 fully saturated rings. The highest BCUT2D eigenvalue weighted by molar-refractivity contribution is 5.94. The first-order valence-electron chi connectivity index (χ1n) is 7.37. The van der Waals surface area contributed by atoms with Gasteiger partial charge < -0.3 is 14.9 Å². The molecule has 1 unspecified atom stereocenters. The summed E-state index contributed by atoms with van der Waals surface area (Å²) in [6, 6.07) is -0.248. The zero-order chi connectivity index (χ0) is 15.8. The Kier molecular flexibility index (Phi) is 7.14. The van der Waals surface area contributed by atoms with E-state index in [1.54, 1.807) is 11.9 Å². The highest BCUT2D eigenvalue weighted by Gasteiger charge is 2.25. The average Bonchev–Trinajstić information content (AvgIpc) is 2.42. The number of urea groups is 1. The second-order valence-electron chi connectivity index (χ2n) is 5.62. The molecule has 120 valence electrons. The molecule has 0 saturated carbocycles. The summed E-state index contributed by atoms with van der Waals surface area (Å²) in [7, 11) is 3.72. The molecule has 3 amide bonds. The number of carbonyl (C=O) groups excluding carboxylic acids is 2. The van der Waals surface area contributed by atoms with Gasteiger partial charge in [0.25, 0.3) is 0 Å². The van der Waals surface area contributed by atoms with Crippen molar-refractivity contribution >= 4 is 17.9 Å². The number of nitrogens with one attached hydrogen (secondary N) is 1. The van der Waals surface area contributed by atoms with Crippen LogP contribution in [0.5, 0.6) is 0 Å². The van der Waals surface area contributed by atoms with E-state index in [1.165, 1.54) is 0 Å². The third-order valence-electron chi connectivity index (χ3n) is 3.76. The van der Waals surface area contributed by atoms with E-state index in [0.29, 0.717) is 12.8 Å². The van der Waals surface area contributed by atoms with E-state index in [0.717, 1.165) is 25.9 Å². The standard InChI is InChI=1S/C14H25N3O4/c1-16-9-5-6-11(10-16)17(2)14(21)15-12(18)7-3-4-8-13(19)20/h11H,3-10H2,1-2H3,(H,19,20)(H,15,18,21). The molecule has 0 radical (unpaired) electrons. The van der Waals surface area contributed by atoms with Crippen LogP contribution >= 0.6 is 0 Å². The first-order chi connectivity index (χ1) is 9.90. The van der Waals surface area contributed by atoms with Gasteiger partial charge in [0.05, 0.1) is 0 Å². The van der Waals surface area contributed by atoms with Gasteiger partial charge >= 0.3 is 12.0 Å². The first-order valence-corrected chi connectivity index (χ1v) is 7.37. The molecule has 0 aromatic carbocycles. The number of likely N-dealkylation sites (N-methyl/N-ethyl adjacent to an activating group) is 2. The molecule has 1 aliphatic rings. The van der Waals surface area contributed by atoms with Crippen molar-refractivity contribution in [3.05, 3.63) is 0 Å². The van der Waals surface area contributed by atoms with Crippen molar-refractivity contribution in [2.75, 3.05) is 27.2 Å².